The van der Waals surface area contributed by atoms with Gasteiger partial charge in [-0.25, -0.2) is 0 Å². The molecule has 16 heavy (non-hydrogen) atoms. The third-order valence-electron chi connectivity index (χ3n) is 1.97. The summed E-state index contributed by atoms with van der Waals surface area (Å²) in [6, 6.07) is 7.00. The van der Waals surface area contributed by atoms with Gasteiger partial charge in [-0.3, -0.25) is 0 Å². The van der Waals surface area contributed by atoms with Crippen LogP contribution in [-0.2, 0) is 4.74 Å². The van der Waals surface area contributed by atoms with E-state index in [2.05, 4.69) is 6.92 Å². The van der Waals surface area contributed by atoms with Gasteiger partial charge in [-0.15, -0.1) is 0 Å². The van der Waals surface area contributed by atoms with Gasteiger partial charge in [-0.05, 0) is 24.6 Å². The minimum absolute atomic E-state index is 0.468. The summed E-state index contributed by atoms with van der Waals surface area (Å²) in [5.74, 6) is 0.596. The van der Waals surface area contributed by atoms with Crippen LogP contribution < -0.4 is 10.5 Å². The zero-order chi connectivity index (χ0) is 11.8. The Morgan fingerprint density at radius 2 is 2.12 bits per heavy atom. The Morgan fingerprint density at radius 1 is 1.31 bits per heavy atom. The fourth-order valence-corrected chi connectivity index (χ4v) is 1.21. The maximum absolute atomic E-state index is 8.66. The van der Waals surface area contributed by atoms with Crippen LogP contribution in [0.1, 0.15) is 18.9 Å². The van der Waals surface area contributed by atoms with Gasteiger partial charge in [0.15, 0.2) is 0 Å². The first-order chi connectivity index (χ1) is 7.77. The molecule has 0 aromatic heterocycles. The van der Waals surface area contributed by atoms with Gasteiger partial charge in [-0.2, -0.15) is 5.26 Å². The smallest absolute Gasteiger partial charge is 0.142 e. The second-order valence-corrected chi connectivity index (χ2v) is 3.33. The van der Waals surface area contributed by atoms with Crippen molar-refractivity contribution in [3.05, 3.63) is 23.8 Å². The Morgan fingerprint density at radius 3 is 2.75 bits per heavy atom. The molecule has 0 amide bonds. The van der Waals surface area contributed by atoms with Crippen LogP contribution in [0.2, 0.25) is 0 Å². The first-order valence-electron chi connectivity index (χ1n) is 5.28. The zero-order valence-corrected chi connectivity index (χ0v) is 9.40. The first-order valence-corrected chi connectivity index (χ1v) is 5.28. The summed E-state index contributed by atoms with van der Waals surface area (Å²) in [5, 5.41) is 8.66. The summed E-state index contributed by atoms with van der Waals surface area (Å²) in [4.78, 5) is 0. The van der Waals surface area contributed by atoms with Crippen LogP contribution in [-0.4, -0.2) is 19.8 Å². The molecule has 0 heterocycles. The van der Waals surface area contributed by atoms with Crippen LogP contribution >= 0.6 is 0 Å². The minimum Gasteiger partial charge on any atom is -0.489 e. The Balaban J connectivity index is 2.40. The number of hydrogen-bond donors (Lipinski definition) is 1. The van der Waals surface area contributed by atoms with Crippen molar-refractivity contribution < 1.29 is 9.47 Å². The van der Waals surface area contributed by atoms with Gasteiger partial charge >= 0.3 is 0 Å². The molecule has 86 valence electrons. The highest BCUT2D eigenvalue weighted by Gasteiger charge is 2.01. The molecule has 0 bridgehead atoms. The molecule has 0 unspecified atom stereocenters. The van der Waals surface area contributed by atoms with E-state index in [4.69, 9.17) is 20.5 Å². The normalized spacial score (nSPS) is 9.75. The number of nitrogens with zero attached hydrogens (tertiary/aromatic N) is 1. The molecule has 4 nitrogen and oxygen atoms in total. The molecule has 0 saturated heterocycles. The van der Waals surface area contributed by atoms with Crippen molar-refractivity contribution in [1.29, 1.82) is 5.26 Å². The van der Waals surface area contributed by atoms with Crippen molar-refractivity contribution in [2.45, 2.75) is 13.3 Å². The van der Waals surface area contributed by atoms with Gasteiger partial charge in [0.2, 0.25) is 0 Å². The van der Waals surface area contributed by atoms with Gasteiger partial charge < -0.3 is 15.2 Å². The number of benzene rings is 1. The maximum Gasteiger partial charge on any atom is 0.142 e. The average molecular weight is 220 g/mol. The molecule has 0 atom stereocenters. The quantitative estimate of drug-likeness (QED) is 0.587. The standard InChI is InChI=1S/C12H16N2O2/c1-2-5-15-6-7-16-12-4-3-10(9-13)8-11(12)14/h3-4,8H,2,5-7,14H2,1H3. The summed E-state index contributed by atoms with van der Waals surface area (Å²) in [6.45, 7) is 3.81. The van der Waals surface area contributed by atoms with Crippen molar-refractivity contribution in [3.8, 4) is 11.8 Å². The molecular weight excluding hydrogens is 204 g/mol. The third-order valence-corrected chi connectivity index (χ3v) is 1.97. The molecule has 0 spiro atoms. The van der Waals surface area contributed by atoms with Crippen molar-refractivity contribution >= 4 is 5.69 Å². The highest BCUT2D eigenvalue weighted by atomic mass is 16.5. The van der Waals surface area contributed by atoms with E-state index in [9.17, 15) is 0 Å². The third kappa shape index (κ3) is 3.79. The lowest BCUT2D eigenvalue weighted by Gasteiger charge is -2.08. The van der Waals surface area contributed by atoms with Gasteiger partial charge in [0, 0.05) is 6.61 Å². The number of hydrogen-bond acceptors (Lipinski definition) is 4. The Kier molecular flexibility index (Phi) is 5.17. The van der Waals surface area contributed by atoms with Gasteiger partial charge in [-0.1, -0.05) is 6.92 Å². The number of nitriles is 1. The molecule has 1 rings (SSSR count). The first kappa shape index (κ1) is 12.3. The van der Waals surface area contributed by atoms with E-state index < -0.39 is 0 Å². The second-order valence-electron chi connectivity index (χ2n) is 3.33. The van der Waals surface area contributed by atoms with Crippen molar-refractivity contribution in [3.63, 3.8) is 0 Å². The van der Waals surface area contributed by atoms with Crippen molar-refractivity contribution in [2.75, 3.05) is 25.6 Å². The van der Waals surface area contributed by atoms with E-state index in [1.54, 1.807) is 18.2 Å². The number of ether oxygens (including phenoxy) is 2. The monoisotopic (exact) mass is 220 g/mol. The van der Waals surface area contributed by atoms with Crippen LogP contribution in [0.3, 0.4) is 0 Å². The predicted octanol–water partition coefficient (Wildman–Crippen LogP) is 1.95. The van der Waals surface area contributed by atoms with E-state index in [0.29, 0.717) is 30.2 Å². The van der Waals surface area contributed by atoms with Crippen LogP contribution in [0.4, 0.5) is 5.69 Å². The highest BCUT2D eigenvalue weighted by Crippen LogP contribution is 2.21. The Bertz CT molecular complexity index is 372. The number of rotatable bonds is 6. The summed E-state index contributed by atoms with van der Waals surface area (Å²) in [7, 11) is 0. The molecule has 0 aliphatic heterocycles. The molecule has 0 saturated carbocycles. The second kappa shape index (κ2) is 6.70. The van der Waals surface area contributed by atoms with Crippen LogP contribution in [0.25, 0.3) is 0 Å². The van der Waals surface area contributed by atoms with Crippen LogP contribution in [0.15, 0.2) is 18.2 Å². The predicted molar refractivity (Wildman–Crippen MR) is 62.2 cm³/mol. The molecule has 4 heteroatoms. The van der Waals surface area contributed by atoms with Crippen LogP contribution in [0, 0.1) is 11.3 Å². The number of nitrogen functional groups attached to an aromatic ring is 1. The SMILES string of the molecule is CCCOCCOc1ccc(C#N)cc1N. The summed E-state index contributed by atoms with van der Waals surface area (Å²) < 4.78 is 10.7. The fourth-order valence-electron chi connectivity index (χ4n) is 1.21. The topological polar surface area (TPSA) is 68.3 Å². The molecular formula is C12H16N2O2. The van der Waals surface area contributed by atoms with E-state index in [1.807, 2.05) is 6.07 Å². The van der Waals surface area contributed by atoms with Gasteiger partial charge in [0.1, 0.15) is 12.4 Å². The summed E-state index contributed by atoms with van der Waals surface area (Å²) in [5.41, 5.74) is 6.74. The lowest BCUT2D eigenvalue weighted by atomic mass is 10.2. The van der Waals surface area contributed by atoms with E-state index >= 15 is 0 Å². The molecule has 0 fully saturated rings. The van der Waals surface area contributed by atoms with Gasteiger partial charge in [0.05, 0.1) is 23.9 Å². The Hall–Kier alpha value is -1.73. The van der Waals surface area contributed by atoms with Crippen LogP contribution in [0.5, 0.6) is 5.75 Å². The number of anilines is 1. The van der Waals surface area contributed by atoms with E-state index in [1.165, 1.54) is 0 Å². The Labute approximate surface area is 95.6 Å². The van der Waals surface area contributed by atoms with E-state index in [0.717, 1.165) is 13.0 Å². The van der Waals surface area contributed by atoms with E-state index in [-0.39, 0.29) is 0 Å². The zero-order valence-electron chi connectivity index (χ0n) is 9.40. The largest absolute Gasteiger partial charge is 0.489 e. The summed E-state index contributed by atoms with van der Waals surface area (Å²) in [6.07, 6.45) is 0.999. The molecule has 0 aliphatic carbocycles. The maximum atomic E-state index is 8.66. The molecule has 0 aliphatic rings. The highest BCUT2D eigenvalue weighted by molar-refractivity contribution is 5.56. The molecule has 0 radical (unpaired) electrons. The molecule has 1 aromatic rings. The molecule has 2 N–H and O–H groups in total. The lowest BCUT2D eigenvalue weighted by Crippen LogP contribution is -2.08. The van der Waals surface area contributed by atoms with Crippen molar-refractivity contribution in [1.82, 2.24) is 0 Å². The average Bonchev–Trinajstić information content (AvgIpc) is 2.30. The van der Waals surface area contributed by atoms with Crippen molar-refractivity contribution in [2.24, 2.45) is 0 Å². The fraction of sp³-hybridized carbons (Fsp3) is 0.417. The number of nitrogens with two attached hydrogens (primary N) is 1. The minimum atomic E-state index is 0.468. The van der Waals surface area contributed by atoms with Gasteiger partial charge in [0.25, 0.3) is 0 Å². The summed E-state index contributed by atoms with van der Waals surface area (Å²) >= 11 is 0. The molecule has 1 aromatic carbocycles. The lowest BCUT2D eigenvalue weighted by molar-refractivity contribution is 0.101.